The molecule has 7 nitrogen and oxygen atoms in total. The number of aliphatic hydroxyl groups excluding tert-OH is 1. The number of hydrogen-bond acceptors (Lipinski definition) is 5. The summed E-state index contributed by atoms with van der Waals surface area (Å²) in [5, 5.41) is 27.0. The van der Waals surface area contributed by atoms with Gasteiger partial charge in [0.1, 0.15) is 11.8 Å². The van der Waals surface area contributed by atoms with E-state index in [1.54, 1.807) is 79.9 Å². The molecule has 0 bridgehead atoms. The lowest BCUT2D eigenvalue weighted by atomic mass is 10.1. The third-order valence-corrected chi connectivity index (χ3v) is 4.71. The van der Waals surface area contributed by atoms with Gasteiger partial charge in [0, 0.05) is 11.9 Å². The number of carbonyl (C=O) groups is 1. The van der Waals surface area contributed by atoms with Crippen molar-refractivity contribution in [2.75, 3.05) is 5.32 Å². The first-order valence-corrected chi connectivity index (χ1v) is 9.62. The van der Waals surface area contributed by atoms with E-state index in [1.165, 1.54) is 4.68 Å². The first-order valence-electron chi connectivity index (χ1n) is 9.62. The molecule has 2 aromatic heterocycles. The largest absolute Gasteiger partial charge is 0.382 e. The lowest BCUT2D eigenvalue weighted by molar-refractivity contribution is 0.101. The zero-order chi connectivity index (χ0) is 21.8. The summed E-state index contributed by atoms with van der Waals surface area (Å²) in [5.41, 5.74) is 3.79. The number of nitrogens with zero attached hydrogens (tertiary/aromatic N) is 4. The van der Waals surface area contributed by atoms with Gasteiger partial charge < -0.3 is 10.4 Å². The maximum absolute atomic E-state index is 13.0. The molecule has 4 aromatic rings. The van der Waals surface area contributed by atoms with Crippen molar-refractivity contribution in [1.82, 2.24) is 14.8 Å². The second-order valence-electron chi connectivity index (χ2n) is 6.98. The molecule has 0 saturated heterocycles. The van der Waals surface area contributed by atoms with Crippen molar-refractivity contribution in [3.05, 3.63) is 107 Å². The van der Waals surface area contributed by atoms with Crippen molar-refractivity contribution < 1.29 is 9.90 Å². The molecule has 0 aliphatic heterocycles. The number of aryl methyl sites for hydroxylation is 1. The van der Waals surface area contributed by atoms with Crippen molar-refractivity contribution >= 4 is 11.6 Å². The maximum atomic E-state index is 13.0. The van der Waals surface area contributed by atoms with Gasteiger partial charge in [-0.05, 0) is 61.0 Å². The predicted octanol–water partition coefficient (Wildman–Crippen LogP) is 3.78. The fraction of sp³-hybridized carbons (Fsp3) is 0.0833. The van der Waals surface area contributed by atoms with Crippen LogP contribution < -0.4 is 5.32 Å². The van der Waals surface area contributed by atoms with Crippen LogP contribution in [0.15, 0.2) is 79.0 Å². The first kappa shape index (κ1) is 20.0. The standard InChI is InChI=1S/C24H19N5O2/c1-16-12-22(29(28-16)20-9-4-6-17(13-20)15-25)24(31)27-19-8-5-7-18(14-19)23(30)21-10-2-3-11-26-21/h2-14,23,30H,1H3,(H,27,31). The van der Waals surface area contributed by atoms with Gasteiger partial charge in [-0.3, -0.25) is 9.78 Å². The highest BCUT2D eigenvalue weighted by Gasteiger charge is 2.17. The number of pyridine rings is 1. The predicted molar refractivity (Wildman–Crippen MR) is 116 cm³/mol. The van der Waals surface area contributed by atoms with Crippen LogP contribution in [0.25, 0.3) is 5.69 Å². The van der Waals surface area contributed by atoms with E-state index in [0.717, 1.165) is 0 Å². The number of aromatic nitrogens is 3. The summed E-state index contributed by atoms with van der Waals surface area (Å²) in [5.74, 6) is -0.354. The fourth-order valence-electron chi connectivity index (χ4n) is 3.26. The summed E-state index contributed by atoms with van der Waals surface area (Å²) in [7, 11) is 0. The SMILES string of the molecule is Cc1cc(C(=O)Nc2cccc(C(O)c3ccccn3)c2)n(-c2cccc(C#N)c2)n1. The molecule has 2 N–H and O–H groups in total. The van der Waals surface area contributed by atoms with E-state index in [0.29, 0.717) is 39.6 Å². The van der Waals surface area contributed by atoms with Gasteiger partial charge in [0.25, 0.3) is 5.91 Å². The van der Waals surface area contributed by atoms with E-state index >= 15 is 0 Å². The molecule has 2 aromatic carbocycles. The van der Waals surface area contributed by atoms with Crippen LogP contribution in [0, 0.1) is 18.3 Å². The topological polar surface area (TPSA) is 104 Å². The maximum Gasteiger partial charge on any atom is 0.274 e. The molecule has 0 aliphatic rings. The smallest absolute Gasteiger partial charge is 0.274 e. The number of rotatable bonds is 5. The molecule has 31 heavy (non-hydrogen) atoms. The highest BCUT2D eigenvalue weighted by molar-refractivity contribution is 6.03. The Morgan fingerprint density at radius 3 is 2.71 bits per heavy atom. The molecular weight excluding hydrogens is 390 g/mol. The van der Waals surface area contributed by atoms with Crippen LogP contribution in [0.5, 0.6) is 0 Å². The van der Waals surface area contributed by atoms with Gasteiger partial charge in [-0.2, -0.15) is 10.4 Å². The summed E-state index contributed by atoms with van der Waals surface area (Å²) in [4.78, 5) is 17.2. The number of carbonyl (C=O) groups excluding carboxylic acids is 1. The Morgan fingerprint density at radius 2 is 1.94 bits per heavy atom. The quantitative estimate of drug-likeness (QED) is 0.522. The number of nitriles is 1. The highest BCUT2D eigenvalue weighted by atomic mass is 16.3. The Labute approximate surface area is 179 Å². The van der Waals surface area contributed by atoms with Gasteiger partial charge in [-0.15, -0.1) is 0 Å². The number of anilines is 1. The van der Waals surface area contributed by atoms with Gasteiger partial charge in [-0.1, -0.05) is 24.3 Å². The summed E-state index contributed by atoms with van der Waals surface area (Å²) in [6, 6.07) is 23.0. The molecule has 0 fully saturated rings. The molecule has 1 amide bonds. The van der Waals surface area contributed by atoms with Crippen LogP contribution in [0.3, 0.4) is 0 Å². The van der Waals surface area contributed by atoms with Crippen molar-refractivity contribution in [1.29, 1.82) is 5.26 Å². The Kier molecular flexibility index (Phi) is 5.56. The molecule has 0 saturated carbocycles. The fourth-order valence-corrected chi connectivity index (χ4v) is 3.26. The zero-order valence-corrected chi connectivity index (χ0v) is 16.7. The van der Waals surface area contributed by atoms with Crippen molar-refractivity contribution in [2.45, 2.75) is 13.0 Å². The molecule has 0 aliphatic carbocycles. The highest BCUT2D eigenvalue weighted by Crippen LogP contribution is 2.23. The minimum absolute atomic E-state index is 0.336. The molecular formula is C24H19N5O2. The van der Waals surface area contributed by atoms with E-state index in [-0.39, 0.29) is 5.91 Å². The van der Waals surface area contributed by atoms with E-state index < -0.39 is 6.10 Å². The lowest BCUT2D eigenvalue weighted by Crippen LogP contribution is -2.17. The minimum atomic E-state index is -0.903. The average Bonchev–Trinajstić information content (AvgIpc) is 3.21. The monoisotopic (exact) mass is 409 g/mol. The number of nitrogens with one attached hydrogen (secondary N) is 1. The normalized spacial score (nSPS) is 11.5. The van der Waals surface area contributed by atoms with E-state index in [4.69, 9.17) is 5.26 Å². The second-order valence-corrected chi connectivity index (χ2v) is 6.98. The van der Waals surface area contributed by atoms with Gasteiger partial charge in [0.05, 0.1) is 28.7 Å². The molecule has 4 rings (SSSR count). The van der Waals surface area contributed by atoms with Crippen LogP contribution in [-0.4, -0.2) is 25.8 Å². The Morgan fingerprint density at radius 1 is 1.10 bits per heavy atom. The van der Waals surface area contributed by atoms with E-state index in [2.05, 4.69) is 21.5 Å². The zero-order valence-electron chi connectivity index (χ0n) is 16.7. The average molecular weight is 409 g/mol. The van der Waals surface area contributed by atoms with Gasteiger partial charge in [0.2, 0.25) is 0 Å². The van der Waals surface area contributed by atoms with Crippen LogP contribution in [0.1, 0.15) is 39.1 Å². The Balaban J connectivity index is 1.61. The molecule has 1 atom stereocenters. The minimum Gasteiger partial charge on any atom is -0.382 e. The molecule has 0 radical (unpaired) electrons. The molecule has 152 valence electrons. The third kappa shape index (κ3) is 4.34. The summed E-state index contributed by atoms with van der Waals surface area (Å²) < 4.78 is 1.51. The van der Waals surface area contributed by atoms with Crippen molar-refractivity contribution in [3.8, 4) is 11.8 Å². The molecule has 1 unspecified atom stereocenters. The number of aliphatic hydroxyl groups is 1. The summed E-state index contributed by atoms with van der Waals surface area (Å²) in [6.07, 6.45) is 0.717. The van der Waals surface area contributed by atoms with Crippen LogP contribution in [-0.2, 0) is 0 Å². The second kappa shape index (κ2) is 8.61. The number of amides is 1. The first-order chi connectivity index (χ1) is 15.0. The summed E-state index contributed by atoms with van der Waals surface area (Å²) >= 11 is 0. The third-order valence-electron chi connectivity index (χ3n) is 4.71. The van der Waals surface area contributed by atoms with E-state index in [1.807, 2.05) is 6.07 Å². The van der Waals surface area contributed by atoms with Gasteiger partial charge >= 0.3 is 0 Å². The van der Waals surface area contributed by atoms with E-state index in [9.17, 15) is 9.90 Å². The summed E-state index contributed by atoms with van der Waals surface area (Å²) in [6.45, 7) is 1.80. The lowest BCUT2D eigenvalue weighted by Gasteiger charge is -2.13. The van der Waals surface area contributed by atoms with Crippen LogP contribution in [0.4, 0.5) is 5.69 Å². The van der Waals surface area contributed by atoms with Crippen LogP contribution in [0.2, 0.25) is 0 Å². The number of hydrogen-bond donors (Lipinski definition) is 2. The molecule has 0 spiro atoms. The Bertz CT molecular complexity index is 1270. The Hall–Kier alpha value is -4.28. The van der Waals surface area contributed by atoms with Crippen molar-refractivity contribution in [2.24, 2.45) is 0 Å². The van der Waals surface area contributed by atoms with Crippen LogP contribution >= 0.6 is 0 Å². The molecule has 2 heterocycles. The van der Waals surface area contributed by atoms with Gasteiger partial charge in [-0.25, -0.2) is 4.68 Å². The van der Waals surface area contributed by atoms with Gasteiger partial charge in [0.15, 0.2) is 0 Å². The number of benzene rings is 2. The van der Waals surface area contributed by atoms with Crippen molar-refractivity contribution in [3.63, 3.8) is 0 Å². The molecule has 7 heteroatoms.